The molecular formula is C18H18O5. The van der Waals surface area contributed by atoms with Gasteiger partial charge in [-0.3, -0.25) is 9.59 Å². The third kappa shape index (κ3) is 5.47. The van der Waals surface area contributed by atoms with E-state index >= 15 is 0 Å². The maximum atomic E-state index is 11.8. The highest BCUT2D eigenvalue weighted by Crippen LogP contribution is 2.14. The van der Waals surface area contributed by atoms with Crippen LogP contribution >= 0.6 is 0 Å². The summed E-state index contributed by atoms with van der Waals surface area (Å²) < 4.78 is 15.5. The molecule has 0 spiro atoms. The van der Waals surface area contributed by atoms with Gasteiger partial charge in [-0.2, -0.15) is 0 Å². The Bertz CT molecular complexity index is 634. The zero-order chi connectivity index (χ0) is 16.5. The molecule has 0 saturated carbocycles. The fourth-order valence-electron chi connectivity index (χ4n) is 1.88. The normalized spacial score (nSPS) is 9.96. The van der Waals surface area contributed by atoms with E-state index in [2.05, 4.69) is 4.74 Å². The Hall–Kier alpha value is -2.82. The van der Waals surface area contributed by atoms with Gasteiger partial charge in [-0.05, 0) is 36.4 Å². The standard InChI is InChI=1S/C18H18O5/c1-21-18(20)13-17(19)14-7-9-16(10-8-14)23-12-11-22-15-5-3-2-4-6-15/h2-10H,11-13H2,1H3. The van der Waals surface area contributed by atoms with Crippen molar-refractivity contribution < 1.29 is 23.8 Å². The van der Waals surface area contributed by atoms with Crippen molar-refractivity contribution in [3.8, 4) is 11.5 Å². The Morgan fingerprint density at radius 2 is 1.39 bits per heavy atom. The Kier molecular flexibility index (Phi) is 6.17. The Morgan fingerprint density at radius 3 is 1.96 bits per heavy atom. The molecule has 2 rings (SSSR count). The van der Waals surface area contributed by atoms with Crippen molar-refractivity contribution in [3.05, 3.63) is 60.2 Å². The number of esters is 1. The molecule has 0 heterocycles. The Labute approximate surface area is 134 Å². The van der Waals surface area contributed by atoms with E-state index in [1.165, 1.54) is 7.11 Å². The van der Waals surface area contributed by atoms with Crippen molar-refractivity contribution in [3.63, 3.8) is 0 Å². The SMILES string of the molecule is COC(=O)CC(=O)c1ccc(OCCOc2ccccc2)cc1. The van der Waals surface area contributed by atoms with Gasteiger partial charge in [0.05, 0.1) is 7.11 Å². The zero-order valence-corrected chi connectivity index (χ0v) is 12.9. The summed E-state index contributed by atoms with van der Waals surface area (Å²) >= 11 is 0. The first-order valence-electron chi connectivity index (χ1n) is 7.20. The van der Waals surface area contributed by atoms with Crippen LogP contribution in [0.25, 0.3) is 0 Å². The summed E-state index contributed by atoms with van der Waals surface area (Å²) in [5, 5.41) is 0. The third-order valence-corrected chi connectivity index (χ3v) is 3.07. The van der Waals surface area contributed by atoms with Gasteiger partial charge < -0.3 is 14.2 Å². The van der Waals surface area contributed by atoms with Crippen LogP contribution in [0.2, 0.25) is 0 Å². The Balaban J connectivity index is 1.76. The van der Waals surface area contributed by atoms with Crippen LogP contribution < -0.4 is 9.47 Å². The van der Waals surface area contributed by atoms with Gasteiger partial charge in [0.1, 0.15) is 31.1 Å². The summed E-state index contributed by atoms with van der Waals surface area (Å²) in [5.74, 6) is 0.598. The quantitative estimate of drug-likeness (QED) is 0.324. The molecule has 0 N–H and O–H groups in total. The minimum atomic E-state index is -0.548. The summed E-state index contributed by atoms with van der Waals surface area (Å²) in [7, 11) is 1.25. The first-order chi connectivity index (χ1) is 11.2. The van der Waals surface area contributed by atoms with E-state index < -0.39 is 5.97 Å². The molecule has 120 valence electrons. The van der Waals surface area contributed by atoms with Gasteiger partial charge in [0, 0.05) is 5.56 Å². The number of methoxy groups -OCH3 is 1. The van der Waals surface area contributed by atoms with Gasteiger partial charge in [-0.1, -0.05) is 18.2 Å². The molecule has 0 aliphatic rings. The van der Waals surface area contributed by atoms with Crippen molar-refractivity contribution in [2.45, 2.75) is 6.42 Å². The largest absolute Gasteiger partial charge is 0.490 e. The number of ether oxygens (including phenoxy) is 3. The van der Waals surface area contributed by atoms with Gasteiger partial charge in [-0.15, -0.1) is 0 Å². The lowest BCUT2D eigenvalue weighted by molar-refractivity contribution is -0.139. The fourth-order valence-corrected chi connectivity index (χ4v) is 1.88. The molecule has 0 atom stereocenters. The number of rotatable bonds is 8. The van der Waals surface area contributed by atoms with Gasteiger partial charge >= 0.3 is 5.97 Å². The van der Waals surface area contributed by atoms with E-state index in [-0.39, 0.29) is 12.2 Å². The number of carbonyl (C=O) groups excluding carboxylic acids is 2. The summed E-state index contributed by atoms with van der Waals surface area (Å²) in [5.41, 5.74) is 0.447. The van der Waals surface area contributed by atoms with Crippen LogP contribution in [-0.4, -0.2) is 32.1 Å². The van der Waals surface area contributed by atoms with E-state index in [4.69, 9.17) is 9.47 Å². The van der Waals surface area contributed by atoms with Gasteiger partial charge in [0.25, 0.3) is 0 Å². The lowest BCUT2D eigenvalue weighted by atomic mass is 10.1. The number of ketones is 1. The van der Waals surface area contributed by atoms with Gasteiger partial charge in [-0.25, -0.2) is 0 Å². The van der Waals surface area contributed by atoms with Crippen molar-refractivity contribution in [1.29, 1.82) is 0 Å². The van der Waals surface area contributed by atoms with E-state index in [9.17, 15) is 9.59 Å². The average Bonchev–Trinajstić information content (AvgIpc) is 2.60. The monoisotopic (exact) mass is 314 g/mol. The number of hydrogen-bond acceptors (Lipinski definition) is 5. The molecule has 2 aromatic rings. The molecule has 23 heavy (non-hydrogen) atoms. The minimum Gasteiger partial charge on any atom is -0.490 e. The lowest BCUT2D eigenvalue weighted by Gasteiger charge is -2.08. The highest BCUT2D eigenvalue weighted by atomic mass is 16.5. The fraction of sp³-hybridized carbons (Fsp3) is 0.222. The minimum absolute atomic E-state index is 0.262. The lowest BCUT2D eigenvalue weighted by Crippen LogP contribution is -2.10. The van der Waals surface area contributed by atoms with Crippen LogP contribution in [0.3, 0.4) is 0 Å². The number of carbonyl (C=O) groups is 2. The summed E-state index contributed by atoms with van der Waals surface area (Å²) in [6, 6.07) is 16.1. The molecule has 5 heteroatoms. The van der Waals surface area contributed by atoms with Crippen LogP contribution in [0, 0.1) is 0 Å². The second-order valence-electron chi connectivity index (χ2n) is 4.71. The molecule has 0 aliphatic heterocycles. The van der Waals surface area contributed by atoms with Gasteiger partial charge in [0.2, 0.25) is 0 Å². The summed E-state index contributed by atoms with van der Waals surface area (Å²) in [6.07, 6.45) is -0.262. The van der Waals surface area contributed by atoms with E-state index in [1.54, 1.807) is 24.3 Å². The third-order valence-electron chi connectivity index (χ3n) is 3.07. The van der Waals surface area contributed by atoms with Crippen LogP contribution in [0.15, 0.2) is 54.6 Å². The topological polar surface area (TPSA) is 61.8 Å². The second-order valence-corrected chi connectivity index (χ2v) is 4.71. The van der Waals surface area contributed by atoms with Crippen LogP contribution in [0.1, 0.15) is 16.8 Å². The molecule has 0 aromatic heterocycles. The summed E-state index contributed by atoms with van der Waals surface area (Å²) in [4.78, 5) is 22.9. The number of Topliss-reactive ketones (excluding diaryl/α,β-unsaturated/α-hetero) is 1. The second kappa shape index (κ2) is 8.58. The first kappa shape index (κ1) is 16.5. The molecular weight excluding hydrogens is 296 g/mol. The van der Waals surface area contributed by atoms with E-state index in [0.29, 0.717) is 24.5 Å². The predicted molar refractivity (Wildman–Crippen MR) is 84.8 cm³/mol. The van der Waals surface area contributed by atoms with E-state index in [1.807, 2.05) is 30.3 Å². The van der Waals surface area contributed by atoms with E-state index in [0.717, 1.165) is 5.75 Å². The molecule has 0 aliphatic carbocycles. The van der Waals surface area contributed by atoms with Crippen molar-refractivity contribution in [1.82, 2.24) is 0 Å². The molecule has 0 saturated heterocycles. The van der Waals surface area contributed by atoms with Crippen molar-refractivity contribution in [2.75, 3.05) is 20.3 Å². The first-order valence-corrected chi connectivity index (χ1v) is 7.20. The Morgan fingerprint density at radius 1 is 0.826 bits per heavy atom. The van der Waals surface area contributed by atoms with Crippen molar-refractivity contribution in [2.24, 2.45) is 0 Å². The molecule has 5 nitrogen and oxygen atoms in total. The van der Waals surface area contributed by atoms with Crippen LogP contribution in [-0.2, 0) is 9.53 Å². The number of hydrogen-bond donors (Lipinski definition) is 0. The highest BCUT2D eigenvalue weighted by Gasteiger charge is 2.11. The molecule has 0 radical (unpaired) electrons. The summed E-state index contributed by atoms with van der Waals surface area (Å²) in [6.45, 7) is 0.817. The smallest absolute Gasteiger partial charge is 0.313 e. The maximum Gasteiger partial charge on any atom is 0.313 e. The number of benzene rings is 2. The van der Waals surface area contributed by atoms with Crippen molar-refractivity contribution >= 4 is 11.8 Å². The molecule has 0 bridgehead atoms. The highest BCUT2D eigenvalue weighted by molar-refractivity contribution is 6.05. The maximum absolute atomic E-state index is 11.8. The molecule has 0 amide bonds. The molecule has 0 unspecified atom stereocenters. The van der Waals surface area contributed by atoms with Gasteiger partial charge in [0.15, 0.2) is 5.78 Å². The molecule has 2 aromatic carbocycles. The number of para-hydroxylation sites is 1. The van der Waals surface area contributed by atoms with Crippen LogP contribution in [0.5, 0.6) is 11.5 Å². The predicted octanol–water partition coefficient (Wildman–Crippen LogP) is 2.89. The average molecular weight is 314 g/mol. The molecule has 0 fully saturated rings. The zero-order valence-electron chi connectivity index (χ0n) is 12.9. The van der Waals surface area contributed by atoms with Crippen LogP contribution in [0.4, 0.5) is 0 Å².